The lowest BCUT2D eigenvalue weighted by Crippen LogP contribution is -2.47. The molecule has 6 heteroatoms. The van der Waals surface area contributed by atoms with Crippen LogP contribution in [-0.4, -0.2) is 39.6 Å². The van der Waals surface area contributed by atoms with Gasteiger partial charge in [0.05, 0.1) is 0 Å². The maximum atomic E-state index is 11.9. The third kappa shape index (κ3) is 3.08. The van der Waals surface area contributed by atoms with E-state index in [1.54, 1.807) is 29.2 Å². The van der Waals surface area contributed by atoms with E-state index in [4.69, 9.17) is 17.3 Å². The Morgan fingerprint density at radius 3 is 2.63 bits per heavy atom. The number of benzene rings is 1. The summed E-state index contributed by atoms with van der Waals surface area (Å²) in [4.78, 5) is 24.5. The van der Waals surface area contributed by atoms with Crippen LogP contribution in [0.2, 0.25) is 0 Å². The molecule has 1 fully saturated rings. The van der Waals surface area contributed by atoms with Crippen molar-refractivity contribution in [2.24, 2.45) is 0 Å². The number of carbonyl (C=O) groups excluding carboxylic acids is 1. The highest BCUT2D eigenvalue weighted by molar-refractivity contribution is 7.80. The largest absolute Gasteiger partial charge is 0.480 e. The fourth-order valence-electron chi connectivity index (χ4n) is 2.10. The summed E-state index contributed by atoms with van der Waals surface area (Å²) in [5.41, 5.74) is 0.496. The van der Waals surface area contributed by atoms with Crippen molar-refractivity contribution in [2.75, 3.05) is 6.54 Å². The smallest absolute Gasteiger partial charge is 0.326 e. The number of carboxylic acid groups (broad SMARTS) is 1. The minimum absolute atomic E-state index is 0.179. The summed E-state index contributed by atoms with van der Waals surface area (Å²) in [6, 6.07) is 8.05. The first kappa shape index (κ1) is 13.5. The van der Waals surface area contributed by atoms with E-state index >= 15 is 0 Å². The van der Waals surface area contributed by atoms with Crippen LogP contribution >= 0.6 is 12.2 Å². The summed E-state index contributed by atoms with van der Waals surface area (Å²) in [5, 5.41) is 11.8. The molecule has 100 valence electrons. The second-order valence-corrected chi connectivity index (χ2v) is 4.70. The fraction of sp³-hybridized carbons (Fsp3) is 0.308. The van der Waals surface area contributed by atoms with E-state index in [0.29, 0.717) is 18.5 Å². The first-order chi connectivity index (χ1) is 9.09. The molecule has 1 saturated heterocycles. The molecule has 0 aromatic heterocycles. The molecule has 1 atom stereocenters. The number of thiocarbonyl (C=S) groups is 1. The topological polar surface area (TPSA) is 69.6 Å². The Balaban J connectivity index is 2.01. The van der Waals surface area contributed by atoms with Gasteiger partial charge in [-0.25, -0.2) is 4.79 Å². The van der Waals surface area contributed by atoms with E-state index in [1.807, 2.05) is 6.07 Å². The number of hydrogen-bond acceptors (Lipinski definition) is 3. The first-order valence-electron chi connectivity index (χ1n) is 5.99. The van der Waals surface area contributed by atoms with Crippen molar-refractivity contribution in [3.63, 3.8) is 0 Å². The van der Waals surface area contributed by atoms with Gasteiger partial charge >= 0.3 is 5.97 Å². The van der Waals surface area contributed by atoms with Crippen LogP contribution in [0.15, 0.2) is 30.3 Å². The van der Waals surface area contributed by atoms with Crippen LogP contribution < -0.4 is 5.32 Å². The Bertz CT molecular complexity index is 504. The molecule has 1 heterocycles. The first-order valence-corrected chi connectivity index (χ1v) is 6.40. The third-order valence-electron chi connectivity index (χ3n) is 3.06. The molecule has 0 bridgehead atoms. The molecule has 0 radical (unpaired) electrons. The molecule has 0 spiro atoms. The number of hydrogen-bond donors (Lipinski definition) is 2. The normalized spacial score (nSPS) is 18.1. The molecule has 1 aliphatic rings. The molecule has 0 aliphatic carbocycles. The van der Waals surface area contributed by atoms with Crippen LogP contribution in [0.25, 0.3) is 0 Å². The minimum Gasteiger partial charge on any atom is -0.480 e. The van der Waals surface area contributed by atoms with Crippen LogP contribution in [0.3, 0.4) is 0 Å². The molecule has 2 N–H and O–H groups in total. The second kappa shape index (κ2) is 5.79. The minimum atomic E-state index is -0.909. The van der Waals surface area contributed by atoms with E-state index in [2.05, 4.69) is 5.32 Å². The summed E-state index contributed by atoms with van der Waals surface area (Å²) in [6.07, 6.45) is 1.31. The zero-order valence-electron chi connectivity index (χ0n) is 10.2. The predicted octanol–water partition coefficient (Wildman–Crippen LogP) is 1.25. The van der Waals surface area contributed by atoms with Gasteiger partial charge in [0.1, 0.15) is 6.04 Å². The second-order valence-electron chi connectivity index (χ2n) is 4.31. The van der Waals surface area contributed by atoms with Crippen LogP contribution in [0.4, 0.5) is 0 Å². The van der Waals surface area contributed by atoms with Gasteiger partial charge < -0.3 is 10.0 Å². The molecule has 1 aromatic rings. The third-order valence-corrected chi connectivity index (χ3v) is 3.39. The SMILES string of the molecule is O=C(NC(=S)N1CCCC1C(=O)O)c1ccccc1. The van der Waals surface area contributed by atoms with Gasteiger partial charge in [0.15, 0.2) is 5.11 Å². The van der Waals surface area contributed by atoms with Crippen LogP contribution in [0, 0.1) is 0 Å². The fourth-order valence-corrected chi connectivity index (χ4v) is 2.41. The lowest BCUT2D eigenvalue weighted by molar-refractivity contribution is -0.140. The number of aliphatic carboxylic acids is 1. The quantitative estimate of drug-likeness (QED) is 0.797. The number of rotatable bonds is 2. The monoisotopic (exact) mass is 278 g/mol. The molecule has 1 unspecified atom stereocenters. The van der Waals surface area contributed by atoms with Crippen molar-refractivity contribution in [3.8, 4) is 0 Å². The number of nitrogens with one attached hydrogen (secondary N) is 1. The summed E-state index contributed by atoms with van der Waals surface area (Å²) in [7, 11) is 0. The van der Waals surface area contributed by atoms with Crippen molar-refractivity contribution in [3.05, 3.63) is 35.9 Å². The number of amides is 1. The highest BCUT2D eigenvalue weighted by Gasteiger charge is 2.32. The van der Waals surface area contributed by atoms with Crippen molar-refractivity contribution in [1.82, 2.24) is 10.2 Å². The van der Waals surface area contributed by atoms with Crippen molar-refractivity contribution in [1.29, 1.82) is 0 Å². The Morgan fingerprint density at radius 1 is 1.32 bits per heavy atom. The highest BCUT2D eigenvalue weighted by Crippen LogP contribution is 2.17. The van der Waals surface area contributed by atoms with Crippen LogP contribution in [-0.2, 0) is 4.79 Å². The van der Waals surface area contributed by atoms with E-state index in [0.717, 1.165) is 6.42 Å². The Kier molecular flexibility index (Phi) is 4.11. The van der Waals surface area contributed by atoms with Crippen molar-refractivity contribution in [2.45, 2.75) is 18.9 Å². The number of likely N-dealkylation sites (tertiary alicyclic amines) is 1. The lowest BCUT2D eigenvalue weighted by atomic mass is 10.2. The van der Waals surface area contributed by atoms with Crippen LogP contribution in [0.5, 0.6) is 0 Å². The van der Waals surface area contributed by atoms with Crippen molar-refractivity contribution < 1.29 is 14.7 Å². The molecule has 0 saturated carbocycles. The number of carbonyl (C=O) groups is 2. The van der Waals surface area contributed by atoms with Crippen molar-refractivity contribution >= 4 is 29.2 Å². The van der Waals surface area contributed by atoms with Gasteiger partial charge in [0.2, 0.25) is 0 Å². The zero-order chi connectivity index (χ0) is 13.8. The highest BCUT2D eigenvalue weighted by atomic mass is 32.1. The van der Waals surface area contributed by atoms with Crippen LogP contribution in [0.1, 0.15) is 23.2 Å². The van der Waals surface area contributed by atoms with E-state index in [9.17, 15) is 9.59 Å². The van der Waals surface area contributed by atoms with Gasteiger partial charge in [-0.15, -0.1) is 0 Å². The average Bonchev–Trinajstić information content (AvgIpc) is 2.89. The average molecular weight is 278 g/mol. The molecule has 19 heavy (non-hydrogen) atoms. The van der Waals surface area contributed by atoms with E-state index in [-0.39, 0.29) is 11.0 Å². The molecular formula is C13H14N2O3S. The molecule has 5 nitrogen and oxygen atoms in total. The molecule has 2 rings (SSSR count). The zero-order valence-corrected chi connectivity index (χ0v) is 11.0. The summed E-state index contributed by atoms with van der Waals surface area (Å²) >= 11 is 5.12. The van der Waals surface area contributed by atoms with Gasteiger partial charge in [0, 0.05) is 12.1 Å². The summed E-state index contributed by atoms with van der Waals surface area (Å²) in [6.45, 7) is 0.560. The molecular weight excluding hydrogens is 264 g/mol. The predicted molar refractivity (Wildman–Crippen MR) is 73.9 cm³/mol. The van der Waals surface area contributed by atoms with Gasteiger partial charge in [-0.3, -0.25) is 10.1 Å². The van der Waals surface area contributed by atoms with Gasteiger partial charge in [-0.2, -0.15) is 0 Å². The maximum absolute atomic E-state index is 11.9. The van der Waals surface area contributed by atoms with E-state index < -0.39 is 12.0 Å². The number of carboxylic acids is 1. The Morgan fingerprint density at radius 2 is 2.00 bits per heavy atom. The summed E-state index contributed by atoms with van der Waals surface area (Å²) < 4.78 is 0. The lowest BCUT2D eigenvalue weighted by Gasteiger charge is -2.24. The van der Waals surface area contributed by atoms with Gasteiger partial charge in [0.25, 0.3) is 5.91 Å². The molecule has 1 amide bonds. The Labute approximate surface area is 116 Å². The molecule has 1 aliphatic heterocycles. The van der Waals surface area contributed by atoms with Gasteiger partial charge in [-0.1, -0.05) is 18.2 Å². The van der Waals surface area contributed by atoms with E-state index in [1.165, 1.54) is 0 Å². The van der Waals surface area contributed by atoms with Gasteiger partial charge in [-0.05, 0) is 37.2 Å². The Hall–Kier alpha value is -1.95. The standard InChI is InChI=1S/C13H14N2O3S/c16-11(9-5-2-1-3-6-9)14-13(19)15-8-4-7-10(15)12(17)18/h1-3,5-6,10H,4,7-8H2,(H,17,18)(H,14,16,19). The summed E-state index contributed by atoms with van der Waals surface area (Å²) in [5.74, 6) is -1.23. The molecule has 1 aromatic carbocycles. The number of nitrogens with zero attached hydrogens (tertiary/aromatic N) is 1. The maximum Gasteiger partial charge on any atom is 0.326 e.